The number of amides is 1. The van der Waals surface area contributed by atoms with E-state index in [1.54, 1.807) is 25.6 Å². The Morgan fingerprint density at radius 3 is 2.66 bits per heavy atom. The maximum Gasteiger partial charge on any atom is 0.270 e. The smallest absolute Gasteiger partial charge is 0.270 e. The number of phenols is 1. The Morgan fingerprint density at radius 2 is 2.07 bits per heavy atom. The SMILES string of the molecule is Cc1nn(C)c(C)c1NC(=O)/C(C#N)=C/c1c(O)ccc2cc([N+](=O)[O-])ccc12. The molecule has 0 unspecified atom stereocenters. The number of nitro groups is 1. The maximum atomic E-state index is 12.6. The van der Waals surface area contributed by atoms with E-state index in [2.05, 4.69) is 10.4 Å². The van der Waals surface area contributed by atoms with Gasteiger partial charge in [-0.3, -0.25) is 19.6 Å². The number of hydrogen-bond donors (Lipinski definition) is 2. The Balaban J connectivity index is 2.05. The molecule has 2 N–H and O–H groups in total. The monoisotopic (exact) mass is 391 g/mol. The first kappa shape index (κ1) is 19.6. The van der Waals surface area contributed by atoms with Crippen LogP contribution in [0.2, 0.25) is 0 Å². The second-order valence-corrected chi connectivity index (χ2v) is 6.45. The first-order valence-electron chi connectivity index (χ1n) is 8.56. The first-order chi connectivity index (χ1) is 13.7. The number of carbonyl (C=O) groups is 1. The fraction of sp³-hybridized carbons (Fsp3) is 0.150. The first-order valence-corrected chi connectivity index (χ1v) is 8.56. The molecule has 146 valence electrons. The topological polar surface area (TPSA) is 134 Å². The minimum absolute atomic E-state index is 0.0982. The van der Waals surface area contributed by atoms with Crippen LogP contribution >= 0.6 is 0 Å². The van der Waals surface area contributed by atoms with Crippen LogP contribution in [0.3, 0.4) is 0 Å². The Bertz CT molecular complexity index is 1230. The highest BCUT2D eigenvalue weighted by molar-refractivity contribution is 6.11. The molecule has 0 bridgehead atoms. The van der Waals surface area contributed by atoms with Crippen molar-refractivity contribution in [3.8, 4) is 11.8 Å². The highest BCUT2D eigenvalue weighted by Gasteiger charge is 2.17. The number of aromatic hydroxyl groups is 1. The number of rotatable bonds is 4. The van der Waals surface area contributed by atoms with Crippen molar-refractivity contribution in [2.45, 2.75) is 13.8 Å². The zero-order valence-corrected chi connectivity index (χ0v) is 15.9. The lowest BCUT2D eigenvalue weighted by molar-refractivity contribution is -0.384. The zero-order valence-electron chi connectivity index (χ0n) is 15.9. The van der Waals surface area contributed by atoms with E-state index in [1.807, 2.05) is 6.07 Å². The van der Waals surface area contributed by atoms with Gasteiger partial charge in [-0.1, -0.05) is 6.07 Å². The molecule has 0 saturated heterocycles. The summed E-state index contributed by atoms with van der Waals surface area (Å²) in [6.07, 6.45) is 1.26. The van der Waals surface area contributed by atoms with Gasteiger partial charge in [0.2, 0.25) is 0 Å². The summed E-state index contributed by atoms with van der Waals surface area (Å²) >= 11 is 0. The molecule has 0 aliphatic heterocycles. The highest BCUT2D eigenvalue weighted by Crippen LogP contribution is 2.31. The number of non-ortho nitro benzene ring substituents is 1. The Labute approximate surface area is 165 Å². The molecule has 9 nitrogen and oxygen atoms in total. The summed E-state index contributed by atoms with van der Waals surface area (Å²) in [5.74, 6) is -0.800. The summed E-state index contributed by atoms with van der Waals surface area (Å²) in [5, 5.41) is 38.6. The van der Waals surface area contributed by atoms with Gasteiger partial charge in [-0.15, -0.1) is 0 Å². The predicted octanol–water partition coefficient (Wildman–Crippen LogP) is 3.35. The van der Waals surface area contributed by atoms with Gasteiger partial charge in [0.25, 0.3) is 11.6 Å². The van der Waals surface area contributed by atoms with Crippen LogP contribution in [0.15, 0.2) is 35.9 Å². The number of nitrogens with one attached hydrogen (secondary N) is 1. The van der Waals surface area contributed by atoms with Crippen molar-refractivity contribution in [2.75, 3.05) is 5.32 Å². The quantitative estimate of drug-likeness (QED) is 0.303. The van der Waals surface area contributed by atoms with Crippen LogP contribution in [0.1, 0.15) is 17.0 Å². The lowest BCUT2D eigenvalue weighted by Gasteiger charge is -2.08. The van der Waals surface area contributed by atoms with E-state index >= 15 is 0 Å². The van der Waals surface area contributed by atoms with E-state index in [9.17, 15) is 25.3 Å². The number of benzene rings is 2. The molecule has 2 aromatic carbocycles. The van der Waals surface area contributed by atoms with Crippen LogP contribution < -0.4 is 5.32 Å². The number of phenolic OH excluding ortho intramolecular Hbond substituents is 1. The lowest BCUT2D eigenvalue weighted by atomic mass is 10.0. The van der Waals surface area contributed by atoms with Gasteiger partial charge in [-0.25, -0.2) is 0 Å². The second-order valence-electron chi connectivity index (χ2n) is 6.45. The van der Waals surface area contributed by atoms with E-state index in [1.165, 1.54) is 36.4 Å². The average molecular weight is 391 g/mol. The molecule has 0 radical (unpaired) electrons. The summed E-state index contributed by atoms with van der Waals surface area (Å²) in [4.78, 5) is 23.1. The standard InChI is InChI=1S/C20H17N5O4/c1-11-19(12(2)24(3)23-11)22-20(27)14(10-21)9-17-16-6-5-15(25(28)29)8-13(16)4-7-18(17)26/h4-9,26H,1-3H3,(H,22,27)/b14-9+. The number of carbonyl (C=O) groups excluding carboxylic acids is 1. The summed E-state index contributed by atoms with van der Waals surface area (Å²) in [5.41, 5.74) is 1.75. The van der Waals surface area contributed by atoms with Crippen LogP contribution in [0.5, 0.6) is 5.75 Å². The molecule has 9 heteroatoms. The van der Waals surface area contributed by atoms with Crippen molar-refractivity contribution in [1.29, 1.82) is 5.26 Å². The van der Waals surface area contributed by atoms with Gasteiger partial charge in [0.1, 0.15) is 17.4 Å². The third kappa shape index (κ3) is 3.64. The zero-order chi connectivity index (χ0) is 21.3. The van der Waals surface area contributed by atoms with E-state index < -0.39 is 10.8 Å². The number of anilines is 1. The molecule has 0 saturated carbocycles. The van der Waals surface area contributed by atoms with Gasteiger partial charge in [-0.05, 0) is 42.8 Å². The molecule has 0 spiro atoms. The fourth-order valence-electron chi connectivity index (χ4n) is 3.02. The summed E-state index contributed by atoms with van der Waals surface area (Å²) in [6, 6.07) is 8.87. The normalized spacial score (nSPS) is 11.3. The van der Waals surface area contributed by atoms with Crippen molar-refractivity contribution in [1.82, 2.24) is 9.78 Å². The fourth-order valence-corrected chi connectivity index (χ4v) is 3.02. The molecular formula is C20H17N5O4. The third-order valence-electron chi connectivity index (χ3n) is 4.63. The van der Waals surface area contributed by atoms with Crippen molar-refractivity contribution < 1.29 is 14.8 Å². The molecule has 1 heterocycles. The van der Waals surface area contributed by atoms with E-state index in [-0.39, 0.29) is 22.6 Å². The number of fused-ring (bicyclic) bond motifs is 1. The number of nitrogens with zero attached hydrogens (tertiary/aromatic N) is 4. The lowest BCUT2D eigenvalue weighted by Crippen LogP contribution is -2.14. The molecule has 3 rings (SSSR count). The average Bonchev–Trinajstić information content (AvgIpc) is 2.92. The van der Waals surface area contributed by atoms with Crippen LogP contribution in [0.25, 0.3) is 16.8 Å². The number of aryl methyl sites for hydroxylation is 2. The molecule has 0 fully saturated rings. The van der Waals surface area contributed by atoms with Crippen LogP contribution in [-0.2, 0) is 11.8 Å². The molecular weight excluding hydrogens is 374 g/mol. The van der Waals surface area contributed by atoms with Gasteiger partial charge in [0, 0.05) is 24.7 Å². The Kier molecular flexibility index (Phi) is 5.02. The third-order valence-corrected chi connectivity index (χ3v) is 4.63. The summed E-state index contributed by atoms with van der Waals surface area (Å²) < 4.78 is 1.62. The van der Waals surface area contributed by atoms with Gasteiger partial charge < -0.3 is 10.4 Å². The van der Waals surface area contributed by atoms with Gasteiger partial charge >= 0.3 is 0 Å². The minimum atomic E-state index is -0.648. The summed E-state index contributed by atoms with van der Waals surface area (Å²) in [6.45, 7) is 3.52. The maximum absolute atomic E-state index is 12.6. The van der Waals surface area contributed by atoms with Crippen LogP contribution in [0, 0.1) is 35.3 Å². The highest BCUT2D eigenvalue weighted by atomic mass is 16.6. The minimum Gasteiger partial charge on any atom is -0.507 e. The summed E-state index contributed by atoms with van der Waals surface area (Å²) in [7, 11) is 1.74. The largest absolute Gasteiger partial charge is 0.507 e. The number of hydrogen-bond acceptors (Lipinski definition) is 6. The second kappa shape index (κ2) is 7.44. The molecule has 1 amide bonds. The van der Waals surface area contributed by atoms with E-state index in [4.69, 9.17) is 0 Å². The van der Waals surface area contributed by atoms with Crippen molar-refractivity contribution in [3.05, 3.63) is 63.0 Å². The van der Waals surface area contributed by atoms with Crippen LogP contribution in [0.4, 0.5) is 11.4 Å². The molecule has 1 aromatic heterocycles. The van der Waals surface area contributed by atoms with Gasteiger partial charge in [-0.2, -0.15) is 10.4 Å². The van der Waals surface area contributed by atoms with Gasteiger partial charge in [0.15, 0.2) is 0 Å². The van der Waals surface area contributed by atoms with Crippen molar-refractivity contribution in [2.24, 2.45) is 7.05 Å². The predicted molar refractivity (Wildman–Crippen MR) is 107 cm³/mol. The Morgan fingerprint density at radius 1 is 1.34 bits per heavy atom. The van der Waals surface area contributed by atoms with Crippen LogP contribution in [-0.4, -0.2) is 25.7 Å². The molecule has 3 aromatic rings. The van der Waals surface area contributed by atoms with Gasteiger partial charge in [0.05, 0.1) is 22.0 Å². The number of aromatic nitrogens is 2. The molecule has 0 aliphatic rings. The van der Waals surface area contributed by atoms with Crippen molar-refractivity contribution in [3.63, 3.8) is 0 Å². The Hall–Kier alpha value is -4.19. The van der Waals surface area contributed by atoms with E-state index in [0.29, 0.717) is 22.2 Å². The molecule has 0 aliphatic carbocycles. The number of nitro benzene ring substituents is 1. The van der Waals surface area contributed by atoms with E-state index in [0.717, 1.165) is 5.69 Å². The van der Waals surface area contributed by atoms with Crippen molar-refractivity contribution >= 4 is 34.1 Å². The molecule has 29 heavy (non-hydrogen) atoms. The number of nitriles is 1. The molecule has 0 atom stereocenters.